The van der Waals surface area contributed by atoms with Crippen LogP contribution in [0.4, 0.5) is 15.8 Å². The predicted octanol–water partition coefficient (Wildman–Crippen LogP) is 4.31. The standard InChI is InChI=1S/C24H28FN3O2/c25-20-9-11-22(12-10-20)27-13-15-28(16-14-27)24(30)19-7-4-8-21(17-19)26-23(29)18-5-2-1-3-6-18/h4,7-12,17-18H,1-3,5-6,13-16H2,(H,26,29). The molecule has 1 aliphatic heterocycles. The molecular weight excluding hydrogens is 381 g/mol. The van der Waals surface area contributed by atoms with Gasteiger partial charge in [-0.2, -0.15) is 0 Å². The topological polar surface area (TPSA) is 52.7 Å². The van der Waals surface area contributed by atoms with Crippen molar-refractivity contribution in [2.24, 2.45) is 5.92 Å². The summed E-state index contributed by atoms with van der Waals surface area (Å²) in [6.07, 6.45) is 5.33. The number of amides is 2. The van der Waals surface area contributed by atoms with Crippen LogP contribution in [0.2, 0.25) is 0 Å². The minimum Gasteiger partial charge on any atom is -0.368 e. The van der Waals surface area contributed by atoms with E-state index in [1.54, 1.807) is 24.3 Å². The number of halogens is 1. The van der Waals surface area contributed by atoms with Gasteiger partial charge in [0.1, 0.15) is 5.82 Å². The SMILES string of the molecule is O=C(Nc1cccc(C(=O)N2CCN(c3ccc(F)cc3)CC2)c1)C1CCCCC1. The fourth-order valence-corrected chi connectivity index (χ4v) is 4.34. The molecule has 0 spiro atoms. The molecule has 2 aromatic rings. The molecule has 2 aliphatic rings. The zero-order valence-corrected chi connectivity index (χ0v) is 17.1. The van der Waals surface area contributed by atoms with Crippen molar-refractivity contribution < 1.29 is 14.0 Å². The predicted molar refractivity (Wildman–Crippen MR) is 116 cm³/mol. The second kappa shape index (κ2) is 9.28. The lowest BCUT2D eigenvalue weighted by Crippen LogP contribution is -2.48. The molecule has 5 nitrogen and oxygen atoms in total. The molecule has 2 amide bonds. The van der Waals surface area contributed by atoms with Gasteiger partial charge in [0, 0.05) is 49.0 Å². The van der Waals surface area contributed by atoms with Crippen LogP contribution in [0, 0.1) is 11.7 Å². The Labute approximate surface area is 176 Å². The van der Waals surface area contributed by atoms with E-state index in [1.807, 2.05) is 17.0 Å². The molecule has 0 atom stereocenters. The first-order valence-corrected chi connectivity index (χ1v) is 10.8. The molecule has 2 aromatic carbocycles. The smallest absolute Gasteiger partial charge is 0.254 e. The van der Waals surface area contributed by atoms with Crippen LogP contribution in [-0.4, -0.2) is 42.9 Å². The number of carbonyl (C=O) groups excluding carboxylic acids is 2. The highest BCUT2D eigenvalue weighted by atomic mass is 19.1. The summed E-state index contributed by atoms with van der Waals surface area (Å²) in [5.74, 6) is -0.129. The van der Waals surface area contributed by atoms with Gasteiger partial charge in [-0.1, -0.05) is 25.3 Å². The highest BCUT2D eigenvalue weighted by molar-refractivity contribution is 5.97. The molecule has 1 saturated carbocycles. The molecule has 1 saturated heterocycles. The highest BCUT2D eigenvalue weighted by Gasteiger charge is 2.24. The molecule has 1 N–H and O–H groups in total. The maximum atomic E-state index is 13.1. The van der Waals surface area contributed by atoms with E-state index in [-0.39, 0.29) is 23.5 Å². The zero-order chi connectivity index (χ0) is 20.9. The normalized spacial score (nSPS) is 17.6. The molecule has 2 fully saturated rings. The van der Waals surface area contributed by atoms with Crippen molar-refractivity contribution in [2.45, 2.75) is 32.1 Å². The molecule has 0 aromatic heterocycles. The number of anilines is 2. The Kier molecular flexibility index (Phi) is 6.31. The Morgan fingerprint density at radius 3 is 2.30 bits per heavy atom. The molecule has 0 bridgehead atoms. The third-order valence-corrected chi connectivity index (χ3v) is 6.11. The Balaban J connectivity index is 1.35. The lowest BCUT2D eigenvalue weighted by molar-refractivity contribution is -0.120. The molecular formula is C24H28FN3O2. The summed E-state index contributed by atoms with van der Waals surface area (Å²) in [4.78, 5) is 29.5. The van der Waals surface area contributed by atoms with Crippen molar-refractivity contribution in [3.05, 3.63) is 59.9 Å². The number of hydrogen-bond donors (Lipinski definition) is 1. The van der Waals surface area contributed by atoms with Crippen LogP contribution in [0.1, 0.15) is 42.5 Å². The van der Waals surface area contributed by atoms with Gasteiger partial charge in [0.05, 0.1) is 0 Å². The number of benzene rings is 2. The van der Waals surface area contributed by atoms with Crippen LogP contribution in [0.25, 0.3) is 0 Å². The van der Waals surface area contributed by atoms with Crippen molar-refractivity contribution in [1.29, 1.82) is 0 Å². The summed E-state index contributed by atoms with van der Waals surface area (Å²) < 4.78 is 13.1. The van der Waals surface area contributed by atoms with Gasteiger partial charge in [0.25, 0.3) is 5.91 Å². The Bertz CT molecular complexity index is 886. The van der Waals surface area contributed by atoms with Crippen LogP contribution in [0.15, 0.2) is 48.5 Å². The lowest BCUT2D eigenvalue weighted by atomic mass is 9.88. The fraction of sp³-hybridized carbons (Fsp3) is 0.417. The Morgan fingerprint density at radius 2 is 1.60 bits per heavy atom. The fourth-order valence-electron chi connectivity index (χ4n) is 4.34. The van der Waals surface area contributed by atoms with Crippen LogP contribution in [0.3, 0.4) is 0 Å². The maximum absolute atomic E-state index is 13.1. The van der Waals surface area contributed by atoms with Crippen LogP contribution >= 0.6 is 0 Å². The van der Waals surface area contributed by atoms with Crippen molar-refractivity contribution in [1.82, 2.24) is 4.90 Å². The van der Waals surface area contributed by atoms with E-state index in [4.69, 9.17) is 0 Å². The van der Waals surface area contributed by atoms with Gasteiger partial charge in [0.15, 0.2) is 0 Å². The van der Waals surface area contributed by atoms with Crippen molar-refractivity contribution in [2.75, 3.05) is 36.4 Å². The van der Waals surface area contributed by atoms with Gasteiger partial charge < -0.3 is 15.1 Å². The third-order valence-electron chi connectivity index (χ3n) is 6.11. The Morgan fingerprint density at radius 1 is 0.900 bits per heavy atom. The van der Waals surface area contributed by atoms with Gasteiger partial charge in [-0.3, -0.25) is 9.59 Å². The summed E-state index contributed by atoms with van der Waals surface area (Å²) in [6.45, 7) is 2.62. The molecule has 158 valence electrons. The number of nitrogens with zero attached hydrogens (tertiary/aromatic N) is 2. The summed E-state index contributed by atoms with van der Waals surface area (Å²) >= 11 is 0. The first kappa shape index (κ1) is 20.4. The summed E-state index contributed by atoms with van der Waals surface area (Å²) in [7, 11) is 0. The number of rotatable bonds is 4. The molecule has 6 heteroatoms. The van der Waals surface area contributed by atoms with Gasteiger partial charge in [-0.25, -0.2) is 4.39 Å². The highest BCUT2D eigenvalue weighted by Crippen LogP contribution is 2.25. The second-order valence-electron chi connectivity index (χ2n) is 8.16. The van der Waals surface area contributed by atoms with Gasteiger partial charge in [0.2, 0.25) is 5.91 Å². The monoisotopic (exact) mass is 409 g/mol. The number of carbonyl (C=O) groups is 2. The number of nitrogens with one attached hydrogen (secondary N) is 1. The van der Waals surface area contributed by atoms with E-state index < -0.39 is 0 Å². The largest absolute Gasteiger partial charge is 0.368 e. The third kappa shape index (κ3) is 4.81. The molecule has 30 heavy (non-hydrogen) atoms. The minimum absolute atomic E-state index is 0.0254. The first-order chi connectivity index (χ1) is 14.6. The summed E-state index contributed by atoms with van der Waals surface area (Å²) in [5.41, 5.74) is 2.24. The second-order valence-corrected chi connectivity index (χ2v) is 8.16. The van der Waals surface area contributed by atoms with Gasteiger partial charge in [-0.05, 0) is 55.3 Å². The van der Waals surface area contributed by atoms with E-state index in [2.05, 4.69) is 10.2 Å². The summed E-state index contributed by atoms with van der Waals surface area (Å²) in [5, 5.41) is 2.99. The Hall–Kier alpha value is -2.89. The quantitative estimate of drug-likeness (QED) is 0.819. The van der Waals surface area contributed by atoms with E-state index in [9.17, 15) is 14.0 Å². The average Bonchev–Trinajstić information content (AvgIpc) is 2.80. The van der Waals surface area contributed by atoms with E-state index in [1.165, 1.54) is 18.6 Å². The lowest BCUT2D eigenvalue weighted by Gasteiger charge is -2.36. The van der Waals surface area contributed by atoms with E-state index in [0.717, 1.165) is 31.4 Å². The van der Waals surface area contributed by atoms with E-state index >= 15 is 0 Å². The molecule has 1 heterocycles. The van der Waals surface area contributed by atoms with Crippen molar-refractivity contribution >= 4 is 23.2 Å². The molecule has 0 unspecified atom stereocenters. The first-order valence-electron chi connectivity index (χ1n) is 10.8. The molecule has 0 radical (unpaired) electrons. The molecule has 1 aliphatic carbocycles. The van der Waals surface area contributed by atoms with Gasteiger partial charge in [-0.15, -0.1) is 0 Å². The number of hydrogen-bond acceptors (Lipinski definition) is 3. The average molecular weight is 410 g/mol. The minimum atomic E-state index is -0.247. The van der Waals surface area contributed by atoms with Crippen molar-refractivity contribution in [3.8, 4) is 0 Å². The van der Waals surface area contributed by atoms with Crippen LogP contribution in [-0.2, 0) is 4.79 Å². The maximum Gasteiger partial charge on any atom is 0.254 e. The molecule has 4 rings (SSSR count). The van der Waals surface area contributed by atoms with Crippen molar-refractivity contribution in [3.63, 3.8) is 0 Å². The summed E-state index contributed by atoms with van der Waals surface area (Å²) in [6, 6.07) is 13.7. The van der Waals surface area contributed by atoms with Crippen LogP contribution in [0.5, 0.6) is 0 Å². The number of piperazine rings is 1. The van der Waals surface area contributed by atoms with Gasteiger partial charge >= 0.3 is 0 Å². The zero-order valence-electron chi connectivity index (χ0n) is 17.1. The van der Waals surface area contributed by atoms with Crippen LogP contribution < -0.4 is 10.2 Å². The van der Waals surface area contributed by atoms with E-state index in [0.29, 0.717) is 37.4 Å².